The van der Waals surface area contributed by atoms with Crippen LogP contribution in [0, 0.1) is 10.1 Å². The maximum atomic E-state index is 10.9. The summed E-state index contributed by atoms with van der Waals surface area (Å²) in [4.78, 5) is 10.4. The third-order valence-corrected chi connectivity index (χ3v) is 3.56. The number of nitrogens with zero attached hydrogens (tertiary/aromatic N) is 1. The van der Waals surface area contributed by atoms with Crippen molar-refractivity contribution in [2.75, 3.05) is 13.7 Å². The maximum absolute atomic E-state index is 10.9. The van der Waals surface area contributed by atoms with Gasteiger partial charge in [0, 0.05) is 24.8 Å². The number of aliphatic hydroxyl groups excluding tert-OH is 1. The molecule has 0 amide bonds. The summed E-state index contributed by atoms with van der Waals surface area (Å²) < 4.78 is 5.08. The molecule has 0 heterocycles. The zero-order chi connectivity index (χ0) is 15.2. The van der Waals surface area contributed by atoms with Gasteiger partial charge in [-0.1, -0.05) is 6.92 Å². The van der Waals surface area contributed by atoms with Crippen molar-refractivity contribution in [2.24, 2.45) is 0 Å². The lowest BCUT2D eigenvalue weighted by atomic mass is 9.94. The molecule has 1 atom stereocenters. The average Bonchev–Trinajstić information content (AvgIpc) is 2.45. The fourth-order valence-electron chi connectivity index (χ4n) is 1.92. The van der Waals surface area contributed by atoms with Crippen LogP contribution in [0.5, 0.6) is 5.75 Å². The Hall–Kier alpha value is -1.66. The van der Waals surface area contributed by atoms with E-state index in [-0.39, 0.29) is 17.8 Å². The predicted molar refractivity (Wildman–Crippen MR) is 76.9 cm³/mol. The third kappa shape index (κ3) is 4.47. The molecule has 0 saturated heterocycles. The normalized spacial score (nSPS) is 13.8. The largest absolute Gasteiger partial charge is 0.496 e. The van der Waals surface area contributed by atoms with Crippen LogP contribution in [0.1, 0.15) is 32.3 Å². The Balaban J connectivity index is 2.86. The topological polar surface area (TPSA) is 84.6 Å². The van der Waals surface area contributed by atoms with E-state index in [4.69, 9.17) is 9.84 Å². The van der Waals surface area contributed by atoms with Crippen molar-refractivity contribution < 1.29 is 14.8 Å². The number of hydrogen-bond donors (Lipinski definition) is 2. The third-order valence-electron chi connectivity index (χ3n) is 3.56. The molecule has 0 aliphatic carbocycles. The van der Waals surface area contributed by atoms with Gasteiger partial charge in [-0.15, -0.1) is 0 Å². The molecule has 0 bridgehead atoms. The highest BCUT2D eigenvalue weighted by molar-refractivity contribution is 5.42. The molecule has 0 radical (unpaired) electrons. The maximum Gasteiger partial charge on any atom is 0.273 e. The van der Waals surface area contributed by atoms with Crippen molar-refractivity contribution in [2.45, 2.75) is 38.8 Å². The van der Waals surface area contributed by atoms with Crippen LogP contribution < -0.4 is 10.1 Å². The molecule has 0 spiro atoms. The van der Waals surface area contributed by atoms with Gasteiger partial charge in [0.2, 0.25) is 0 Å². The minimum Gasteiger partial charge on any atom is -0.496 e. The highest BCUT2D eigenvalue weighted by atomic mass is 16.6. The molecule has 20 heavy (non-hydrogen) atoms. The van der Waals surface area contributed by atoms with Gasteiger partial charge in [0.1, 0.15) is 5.75 Å². The first-order chi connectivity index (χ1) is 9.44. The second kappa shape index (κ2) is 7.21. The summed E-state index contributed by atoms with van der Waals surface area (Å²) in [6, 6.07) is 4.70. The Morgan fingerprint density at radius 3 is 2.65 bits per heavy atom. The molecule has 2 N–H and O–H groups in total. The summed E-state index contributed by atoms with van der Waals surface area (Å²) in [6.45, 7) is 4.66. The van der Waals surface area contributed by atoms with Crippen LogP contribution in [-0.2, 0) is 6.54 Å². The summed E-state index contributed by atoms with van der Waals surface area (Å²) in [7, 11) is 1.48. The summed E-state index contributed by atoms with van der Waals surface area (Å²) in [5, 5.41) is 23.3. The summed E-state index contributed by atoms with van der Waals surface area (Å²) in [5.74, 6) is 0.469. The molecular formula is C14H22N2O4. The fourth-order valence-corrected chi connectivity index (χ4v) is 1.92. The van der Waals surface area contributed by atoms with Gasteiger partial charge in [0.15, 0.2) is 0 Å². The van der Waals surface area contributed by atoms with Crippen molar-refractivity contribution in [3.8, 4) is 5.75 Å². The smallest absolute Gasteiger partial charge is 0.273 e. The molecular weight excluding hydrogens is 260 g/mol. The second-order valence-electron chi connectivity index (χ2n) is 5.04. The van der Waals surface area contributed by atoms with Gasteiger partial charge < -0.3 is 15.2 Å². The Morgan fingerprint density at radius 2 is 2.15 bits per heavy atom. The Labute approximate surface area is 118 Å². The molecule has 1 rings (SSSR count). The Kier molecular flexibility index (Phi) is 5.91. The van der Waals surface area contributed by atoms with Gasteiger partial charge in [-0.05, 0) is 31.4 Å². The van der Waals surface area contributed by atoms with Crippen molar-refractivity contribution in [3.05, 3.63) is 33.9 Å². The predicted octanol–water partition coefficient (Wildman–Crippen LogP) is 2.24. The van der Waals surface area contributed by atoms with E-state index in [2.05, 4.69) is 5.32 Å². The molecule has 112 valence electrons. The fraction of sp³-hybridized carbons (Fsp3) is 0.571. The SMILES string of the molecule is CCC(C)(CCO)NCc1cc(OC)cc([N+](=O)[O-])c1. The van der Waals surface area contributed by atoms with Gasteiger partial charge in [0.25, 0.3) is 5.69 Å². The molecule has 6 heteroatoms. The van der Waals surface area contributed by atoms with Crippen LogP contribution in [0.25, 0.3) is 0 Å². The number of nitro groups is 1. The molecule has 0 aliphatic rings. The van der Waals surface area contributed by atoms with Gasteiger partial charge in [-0.3, -0.25) is 10.1 Å². The Bertz CT molecular complexity index is 464. The number of ether oxygens (including phenoxy) is 1. The number of hydrogen-bond acceptors (Lipinski definition) is 5. The first kappa shape index (κ1) is 16.4. The van der Waals surface area contributed by atoms with Gasteiger partial charge in [-0.2, -0.15) is 0 Å². The van der Waals surface area contributed by atoms with Crippen LogP contribution in [0.15, 0.2) is 18.2 Å². The van der Waals surface area contributed by atoms with Gasteiger partial charge in [-0.25, -0.2) is 0 Å². The summed E-state index contributed by atoms with van der Waals surface area (Å²) in [6.07, 6.45) is 1.50. The quantitative estimate of drug-likeness (QED) is 0.564. The molecule has 0 aromatic heterocycles. The van der Waals surface area contributed by atoms with E-state index in [9.17, 15) is 10.1 Å². The van der Waals surface area contributed by atoms with Gasteiger partial charge in [0.05, 0.1) is 18.1 Å². The van der Waals surface area contributed by atoms with E-state index in [1.54, 1.807) is 6.07 Å². The first-order valence-corrected chi connectivity index (χ1v) is 6.62. The standard InChI is InChI=1S/C14H22N2O4/c1-4-14(2,5-6-17)15-10-11-7-12(16(18)19)9-13(8-11)20-3/h7-9,15,17H,4-6,10H2,1-3H3. The molecule has 0 saturated carbocycles. The van der Waals surface area contributed by atoms with E-state index in [0.717, 1.165) is 12.0 Å². The van der Waals surface area contributed by atoms with Crippen molar-refractivity contribution in [1.82, 2.24) is 5.32 Å². The van der Waals surface area contributed by atoms with Gasteiger partial charge >= 0.3 is 0 Å². The highest BCUT2D eigenvalue weighted by Gasteiger charge is 2.21. The zero-order valence-electron chi connectivity index (χ0n) is 12.2. The Morgan fingerprint density at radius 1 is 1.45 bits per heavy atom. The molecule has 1 unspecified atom stereocenters. The second-order valence-corrected chi connectivity index (χ2v) is 5.04. The zero-order valence-corrected chi connectivity index (χ0v) is 12.2. The van der Waals surface area contributed by atoms with Crippen molar-refractivity contribution in [3.63, 3.8) is 0 Å². The lowest BCUT2D eigenvalue weighted by molar-refractivity contribution is -0.385. The highest BCUT2D eigenvalue weighted by Crippen LogP contribution is 2.23. The van der Waals surface area contributed by atoms with E-state index in [1.807, 2.05) is 13.8 Å². The lowest BCUT2D eigenvalue weighted by Crippen LogP contribution is -2.42. The van der Waals surface area contributed by atoms with E-state index in [0.29, 0.717) is 18.7 Å². The van der Waals surface area contributed by atoms with Crippen LogP contribution in [0.4, 0.5) is 5.69 Å². The monoisotopic (exact) mass is 282 g/mol. The van der Waals surface area contributed by atoms with E-state index in [1.165, 1.54) is 19.2 Å². The number of non-ortho nitro benzene ring substituents is 1. The van der Waals surface area contributed by atoms with E-state index >= 15 is 0 Å². The molecule has 6 nitrogen and oxygen atoms in total. The van der Waals surface area contributed by atoms with Crippen LogP contribution in [0.3, 0.4) is 0 Å². The van der Waals surface area contributed by atoms with Crippen LogP contribution >= 0.6 is 0 Å². The molecule has 1 aromatic carbocycles. The first-order valence-electron chi connectivity index (χ1n) is 6.62. The lowest BCUT2D eigenvalue weighted by Gasteiger charge is -2.29. The molecule has 0 aliphatic heterocycles. The molecule has 0 fully saturated rings. The van der Waals surface area contributed by atoms with Crippen LogP contribution in [-0.4, -0.2) is 29.3 Å². The number of nitrogens with one attached hydrogen (secondary N) is 1. The summed E-state index contributed by atoms with van der Waals surface area (Å²) in [5.41, 5.74) is 0.613. The average molecular weight is 282 g/mol. The number of rotatable bonds is 8. The number of aliphatic hydroxyl groups is 1. The van der Waals surface area contributed by atoms with Crippen molar-refractivity contribution in [1.29, 1.82) is 0 Å². The minimum atomic E-state index is -0.432. The van der Waals surface area contributed by atoms with Crippen LogP contribution in [0.2, 0.25) is 0 Å². The number of nitro benzene ring substituents is 1. The molecule has 1 aromatic rings. The van der Waals surface area contributed by atoms with Crippen molar-refractivity contribution >= 4 is 5.69 Å². The minimum absolute atomic E-state index is 0.0153. The number of methoxy groups -OCH3 is 1. The summed E-state index contributed by atoms with van der Waals surface area (Å²) >= 11 is 0. The number of benzene rings is 1. The van der Waals surface area contributed by atoms with E-state index < -0.39 is 4.92 Å².